The highest BCUT2D eigenvalue weighted by molar-refractivity contribution is 5.95. The van der Waals surface area contributed by atoms with Crippen LogP contribution in [0.4, 0.5) is 18.9 Å². The highest BCUT2D eigenvalue weighted by Crippen LogP contribution is 2.20. The molecule has 17 heavy (non-hydrogen) atoms. The van der Waals surface area contributed by atoms with Crippen molar-refractivity contribution in [2.45, 2.75) is 18.9 Å². The first kappa shape index (κ1) is 11.9. The average molecular weight is 244 g/mol. The second kappa shape index (κ2) is 4.75. The molecule has 0 aliphatic carbocycles. The SMILES string of the molecule is O=C(Nc1cc(F)cc(F)c1F)[C@@H]1CCCN1. The highest BCUT2D eigenvalue weighted by Gasteiger charge is 2.23. The third-order valence-corrected chi connectivity index (χ3v) is 2.63. The molecular formula is C11H11F3N2O. The van der Waals surface area contributed by atoms with Crippen LogP contribution in [0.15, 0.2) is 12.1 Å². The van der Waals surface area contributed by atoms with Crippen LogP contribution in [0.25, 0.3) is 0 Å². The predicted molar refractivity (Wildman–Crippen MR) is 56.0 cm³/mol. The van der Waals surface area contributed by atoms with Gasteiger partial charge >= 0.3 is 0 Å². The Kier molecular flexibility index (Phi) is 3.33. The summed E-state index contributed by atoms with van der Waals surface area (Å²) in [7, 11) is 0. The number of halogens is 3. The minimum Gasteiger partial charge on any atom is -0.322 e. The van der Waals surface area contributed by atoms with Crippen molar-refractivity contribution in [2.24, 2.45) is 0 Å². The lowest BCUT2D eigenvalue weighted by Gasteiger charge is -2.11. The van der Waals surface area contributed by atoms with Crippen LogP contribution in [-0.4, -0.2) is 18.5 Å². The number of nitrogens with one attached hydrogen (secondary N) is 2. The maximum absolute atomic E-state index is 13.3. The third kappa shape index (κ3) is 2.58. The smallest absolute Gasteiger partial charge is 0.241 e. The maximum atomic E-state index is 13.3. The van der Waals surface area contributed by atoms with E-state index in [0.717, 1.165) is 12.5 Å². The molecule has 1 heterocycles. The van der Waals surface area contributed by atoms with Crippen molar-refractivity contribution in [1.29, 1.82) is 0 Å². The fourth-order valence-electron chi connectivity index (χ4n) is 1.78. The number of benzene rings is 1. The van der Waals surface area contributed by atoms with E-state index in [1.165, 1.54) is 0 Å². The van der Waals surface area contributed by atoms with E-state index >= 15 is 0 Å². The van der Waals surface area contributed by atoms with E-state index < -0.39 is 35.1 Å². The topological polar surface area (TPSA) is 41.1 Å². The number of carbonyl (C=O) groups is 1. The molecule has 1 fully saturated rings. The highest BCUT2D eigenvalue weighted by atomic mass is 19.2. The second-order valence-electron chi connectivity index (χ2n) is 3.89. The summed E-state index contributed by atoms with van der Waals surface area (Å²) in [5.41, 5.74) is -0.471. The zero-order valence-electron chi connectivity index (χ0n) is 8.90. The summed E-state index contributed by atoms with van der Waals surface area (Å²) in [5.74, 6) is -3.98. The summed E-state index contributed by atoms with van der Waals surface area (Å²) in [6.45, 7) is 0.706. The van der Waals surface area contributed by atoms with E-state index in [4.69, 9.17) is 0 Å². The van der Waals surface area contributed by atoms with Gasteiger partial charge in [-0.1, -0.05) is 0 Å². The van der Waals surface area contributed by atoms with Gasteiger partial charge in [-0.2, -0.15) is 0 Å². The van der Waals surface area contributed by atoms with Crippen LogP contribution in [0.3, 0.4) is 0 Å². The zero-order chi connectivity index (χ0) is 12.4. The Bertz CT molecular complexity index is 445. The van der Waals surface area contributed by atoms with E-state index in [1.54, 1.807) is 0 Å². The minimum absolute atomic E-state index is 0.429. The average Bonchev–Trinajstić information content (AvgIpc) is 2.78. The molecule has 0 saturated carbocycles. The van der Waals surface area contributed by atoms with Crippen molar-refractivity contribution >= 4 is 11.6 Å². The number of anilines is 1. The fourth-order valence-corrected chi connectivity index (χ4v) is 1.78. The Labute approximate surface area is 96.0 Å². The van der Waals surface area contributed by atoms with Gasteiger partial charge in [-0.05, 0) is 19.4 Å². The first-order valence-corrected chi connectivity index (χ1v) is 5.26. The van der Waals surface area contributed by atoms with Gasteiger partial charge in [-0.15, -0.1) is 0 Å². The van der Waals surface area contributed by atoms with Crippen LogP contribution >= 0.6 is 0 Å². The van der Waals surface area contributed by atoms with E-state index in [0.29, 0.717) is 19.0 Å². The number of rotatable bonds is 2. The first-order valence-electron chi connectivity index (χ1n) is 5.26. The molecule has 0 spiro atoms. The summed E-state index contributed by atoms with van der Waals surface area (Å²) in [5, 5.41) is 5.08. The van der Waals surface area contributed by atoms with Crippen molar-refractivity contribution in [2.75, 3.05) is 11.9 Å². The number of hydrogen-bond donors (Lipinski definition) is 2. The van der Waals surface area contributed by atoms with Gasteiger partial charge in [0, 0.05) is 12.1 Å². The lowest BCUT2D eigenvalue weighted by molar-refractivity contribution is -0.117. The Morgan fingerprint density at radius 2 is 2.12 bits per heavy atom. The van der Waals surface area contributed by atoms with Gasteiger partial charge < -0.3 is 10.6 Å². The molecular weight excluding hydrogens is 233 g/mol. The first-order chi connectivity index (χ1) is 8.08. The van der Waals surface area contributed by atoms with Crippen LogP contribution in [0.5, 0.6) is 0 Å². The fraction of sp³-hybridized carbons (Fsp3) is 0.364. The molecule has 6 heteroatoms. The van der Waals surface area contributed by atoms with Gasteiger partial charge in [0.25, 0.3) is 0 Å². The van der Waals surface area contributed by atoms with E-state index in [2.05, 4.69) is 10.6 Å². The molecule has 0 aromatic heterocycles. The monoisotopic (exact) mass is 244 g/mol. The molecule has 2 rings (SSSR count). The van der Waals surface area contributed by atoms with Crippen molar-refractivity contribution in [3.05, 3.63) is 29.6 Å². The Morgan fingerprint density at radius 3 is 2.76 bits per heavy atom. The molecule has 1 aromatic carbocycles. The van der Waals surface area contributed by atoms with Gasteiger partial charge in [-0.3, -0.25) is 4.79 Å². The van der Waals surface area contributed by atoms with Gasteiger partial charge in [0.15, 0.2) is 11.6 Å². The molecule has 1 saturated heterocycles. The van der Waals surface area contributed by atoms with Crippen molar-refractivity contribution in [3.8, 4) is 0 Å². The zero-order valence-corrected chi connectivity index (χ0v) is 8.90. The molecule has 2 N–H and O–H groups in total. The molecule has 3 nitrogen and oxygen atoms in total. The van der Waals surface area contributed by atoms with E-state index in [9.17, 15) is 18.0 Å². The van der Waals surface area contributed by atoms with Gasteiger partial charge in [0.05, 0.1) is 11.7 Å². The van der Waals surface area contributed by atoms with Crippen LogP contribution in [-0.2, 0) is 4.79 Å². The van der Waals surface area contributed by atoms with Crippen LogP contribution in [0, 0.1) is 17.5 Å². The molecule has 1 aliphatic heterocycles. The molecule has 0 unspecified atom stereocenters. The standard InChI is InChI=1S/C11H11F3N2O/c12-6-4-7(13)10(14)9(5-6)16-11(17)8-2-1-3-15-8/h4-5,8,15H,1-3H2,(H,16,17)/t8-/m0/s1. The normalized spacial score (nSPS) is 19.4. The van der Waals surface area contributed by atoms with Gasteiger partial charge in [-0.25, -0.2) is 13.2 Å². The number of amides is 1. The summed E-state index contributed by atoms with van der Waals surface area (Å²) in [6.07, 6.45) is 1.48. The van der Waals surface area contributed by atoms with E-state index in [1.807, 2.05) is 0 Å². The molecule has 0 bridgehead atoms. The summed E-state index contributed by atoms with van der Waals surface area (Å²) < 4.78 is 39.0. The maximum Gasteiger partial charge on any atom is 0.241 e. The van der Waals surface area contributed by atoms with Crippen molar-refractivity contribution in [1.82, 2.24) is 5.32 Å². The molecule has 1 aromatic rings. The third-order valence-electron chi connectivity index (χ3n) is 2.63. The van der Waals surface area contributed by atoms with E-state index in [-0.39, 0.29) is 0 Å². The Morgan fingerprint density at radius 1 is 1.35 bits per heavy atom. The molecule has 0 radical (unpaired) electrons. The molecule has 1 aliphatic rings. The minimum atomic E-state index is -1.32. The van der Waals surface area contributed by atoms with Crippen LogP contribution < -0.4 is 10.6 Å². The lowest BCUT2D eigenvalue weighted by atomic mass is 10.2. The number of carbonyl (C=O) groups excluding carboxylic acids is 1. The molecule has 1 atom stereocenters. The molecule has 1 amide bonds. The number of hydrogen-bond acceptors (Lipinski definition) is 2. The Hall–Kier alpha value is -1.56. The summed E-state index contributed by atoms with van der Waals surface area (Å²) >= 11 is 0. The summed E-state index contributed by atoms with van der Waals surface area (Å²) in [4.78, 5) is 11.6. The lowest BCUT2D eigenvalue weighted by Crippen LogP contribution is -2.35. The molecule has 92 valence electrons. The van der Waals surface area contributed by atoms with Gasteiger partial charge in [0.2, 0.25) is 5.91 Å². The quantitative estimate of drug-likeness (QED) is 0.779. The Balaban J connectivity index is 2.15. The van der Waals surface area contributed by atoms with Gasteiger partial charge in [0.1, 0.15) is 5.82 Å². The summed E-state index contributed by atoms with van der Waals surface area (Å²) in [6, 6.07) is 0.755. The predicted octanol–water partition coefficient (Wildman–Crippen LogP) is 1.79. The second-order valence-corrected chi connectivity index (χ2v) is 3.89. The van der Waals surface area contributed by atoms with Crippen molar-refractivity contribution < 1.29 is 18.0 Å². The largest absolute Gasteiger partial charge is 0.322 e. The van der Waals surface area contributed by atoms with Crippen LogP contribution in [0.1, 0.15) is 12.8 Å². The van der Waals surface area contributed by atoms with Crippen molar-refractivity contribution in [3.63, 3.8) is 0 Å². The van der Waals surface area contributed by atoms with Crippen LogP contribution in [0.2, 0.25) is 0 Å².